The van der Waals surface area contributed by atoms with Gasteiger partial charge in [-0.3, -0.25) is 4.79 Å². The normalized spacial score (nSPS) is 17.7. The SMILES string of the molecule is COC(=O)C(C)c1ccc(C2(c3ccccc3)OCCO2)cc1. The highest BCUT2D eigenvalue weighted by Crippen LogP contribution is 2.38. The standard InChI is InChI=1S/C19H20O4/c1-14(18(20)21-2)15-8-10-17(11-9-15)19(22-12-13-23-19)16-6-4-3-5-7-16/h3-11,14H,12-13H2,1-2H3. The summed E-state index contributed by atoms with van der Waals surface area (Å²) in [6.07, 6.45) is 0. The first kappa shape index (κ1) is 15.7. The summed E-state index contributed by atoms with van der Waals surface area (Å²) in [5, 5.41) is 0. The molecule has 23 heavy (non-hydrogen) atoms. The number of hydrogen-bond acceptors (Lipinski definition) is 4. The largest absolute Gasteiger partial charge is 0.469 e. The molecular weight excluding hydrogens is 292 g/mol. The minimum absolute atomic E-state index is 0.246. The fourth-order valence-electron chi connectivity index (χ4n) is 2.87. The Morgan fingerprint density at radius 2 is 1.57 bits per heavy atom. The zero-order valence-corrected chi connectivity index (χ0v) is 13.3. The predicted molar refractivity (Wildman–Crippen MR) is 86.0 cm³/mol. The highest BCUT2D eigenvalue weighted by atomic mass is 16.7. The van der Waals surface area contributed by atoms with Gasteiger partial charge in [0.25, 0.3) is 0 Å². The Balaban J connectivity index is 1.95. The van der Waals surface area contributed by atoms with Gasteiger partial charge in [0.05, 0.1) is 26.2 Å². The van der Waals surface area contributed by atoms with Crippen molar-refractivity contribution in [1.82, 2.24) is 0 Å². The lowest BCUT2D eigenvalue weighted by Gasteiger charge is -2.28. The van der Waals surface area contributed by atoms with Crippen molar-refractivity contribution in [2.75, 3.05) is 20.3 Å². The molecule has 1 unspecified atom stereocenters. The summed E-state index contributed by atoms with van der Waals surface area (Å²) >= 11 is 0. The third-order valence-corrected chi connectivity index (χ3v) is 4.19. The van der Waals surface area contributed by atoms with Gasteiger partial charge in [-0.1, -0.05) is 54.6 Å². The first-order chi connectivity index (χ1) is 11.2. The van der Waals surface area contributed by atoms with E-state index < -0.39 is 5.79 Å². The van der Waals surface area contributed by atoms with Gasteiger partial charge in [-0.2, -0.15) is 0 Å². The van der Waals surface area contributed by atoms with Crippen LogP contribution in [0.4, 0.5) is 0 Å². The molecule has 120 valence electrons. The number of benzene rings is 2. The van der Waals surface area contributed by atoms with E-state index in [9.17, 15) is 4.79 Å². The zero-order chi connectivity index (χ0) is 16.3. The van der Waals surface area contributed by atoms with E-state index in [1.807, 2.05) is 61.5 Å². The minimum Gasteiger partial charge on any atom is -0.469 e. The average Bonchev–Trinajstić information content (AvgIpc) is 3.12. The second kappa shape index (κ2) is 6.52. The third kappa shape index (κ3) is 2.87. The molecule has 4 heteroatoms. The molecule has 0 N–H and O–H groups in total. The molecule has 1 aliphatic heterocycles. The van der Waals surface area contributed by atoms with Gasteiger partial charge < -0.3 is 14.2 Å². The molecule has 2 aromatic rings. The Labute approximate surface area is 136 Å². The first-order valence-electron chi connectivity index (χ1n) is 7.69. The fraction of sp³-hybridized carbons (Fsp3) is 0.316. The Morgan fingerprint density at radius 1 is 1.00 bits per heavy atom. The van der Waals surface area contributed by atoms with E-state index in [0.29, 0.717) is 13.2 Å². The van der Waals surface area contributed by atoms with Gasteiger partial charge in [-0.25, -0.2) is 0 Å². The van der Waals surface area contributed by atoms with Crippen molar-refractivity contribution in [3.8, 4) is 0 Å². The van der Waals surface area contributed by atoms with Crippen molar-refractivity contribution in [1.29, 1.82) is 0 Å². The summed E-state index contributed by atoms with van der Waals surface area (Å²) < 4.78 is 16.7. The molecule has 0 aliphatic carbocycles. The molecule has 3 rings (SSSR count). The van der Waals surface area contributed by atoms with E-state index in [4.69, 9.17) is 14.2 Å². The molecule has 1 fully saturated rings. The molecule has 0 spiro atoms. The molecule has 4 nitrogen and oxygen atoms in total. The quantitative estimate of drug-likeness (QED) is 0.813. The Hall–Kier alpha value is -2.17. The number of esters is 1. The van der Waals surface area contributed by atoms with Crippen LogP contribution in [0.25, 0.3) is 0 Å². The summed E-state index contributed by atoms with van der Waals surface area (Å²) in [5.41, 5.74) is 2.79. The highest BCUT2D eigenvalue weighted by Gasteiger charge is 2.40. The van der Waals surface area contributed by atoms with Crippen LogP contribution >= 0.6 is 0 Å². The van der Waals surface area contributed by atoms with Crippen LogP contribution in [0.15, 0.2) is 54.6 Å². The minimum atomic E-state index is -0.867. The molecule has 0 bridgehead atoms. The Morgan fingerprint density at radius 3 is 2.13 bits per heavy atom. The van der Waals surface area contributed by atoms with Crippen LogP contribution in [0.2, 0.25) is 0 Å². The lowest BCUT2D eigenvalue weighted by Crippen LogP contribution is -2.28. The monoisotopic (exact) mass is 312 g/mol. The van der Waals surface area contributed by atoms with Crippen LogP contribution in [0.3, 0.4) is 0 Å². The molecule has 1 heterocycles. The number of carbonyl (C=O) groups excluding carboxylic acids is 1. The van der Waals surface area contributed by atoms with E-state index in [1.165, 1.54) is 7.11 Å². The maximum Gasteiger partial charge on any atom is 0.312 e. The summed E-state index contributed by atoms with van der Waals surface area (Å²) in [7, 11) is 1.40. The van der Waals surface area contributed by atoms with Crippen LogP contribution in [0, 0.1) is 0 Å². The predicted octanol–water partition coefficient (Wildman–Crippen LogP) is 3.21. The fourth-order valence-corrected chi connectivity index (χ4v) is 2.87. The van der Waals surface area contributed by atoms with E-state index >= 15 is 0 Å². The maximum atomic E-state index is 11.7. The molecule has 2 aromatic carbocycles. The van der Waals surface area contributed by atoms with Crippen LogP contribution in [-0.4, -0.2) is 26.3 Å². The van der Waals surface area contributed by atoms with Gasteiger partial charge in [-0.15, -0.1) is 0 Å². The second-order valence-electron chi connectivity index (χ2n) is 5.55. The average molecular weight is 312 g/mol. The summed E-state index contributed by atoms with van der Waals surface area (Å²) in [4.78, 5) is 11.7. The van der Waals surface area contributed by atoms with E-state index in [1.54, 1.807) is 0 Å². The highest BCUT2D eigenvalue weighted by molar-refractivity contribution is 5.77. The van der Waals surface area contributed by atoms with E-state index in [-0.39, 0.29) is 11.9 Å². The van der Waals surface area contributed by atoms with E-state index in [2.05, 4.69) is 0 Å². The van der Waals surface area contributed by atoms with Crippen molar-refractivity contribution in [2.45, 2.75) is 18.6 Å². The molecule has 1 atom stereocenters. The van der Waals surface area contributed by atoms with E-state index in [0.717, 1.165) is 16.7 Å². The molecule has 0 radical (unpaired) electrons. The third-order valence-electron chi connectivity index (χ3n) is 4.19. The number of methoxy groups -OCH3 is 1. The molecule has 0 saturated carbocycles. The second-order valence-corrected chi connectivity index (χ2v) is 5.55. The van der Waals surface area contributed by atoms with Crippen LogP contribution in [0.5, 0.6) is 0 Å². The maximum absolute atomic E-state index is 11.7. The first-order valence-corrected chi connectivity index (χ1v) is 7.69. The number of ether oxygens (including phenoxy) is 3. The van der Waals surface area contributed by atoms with Gasteiger partial charge in [0.1, 0.15) is 0 Å². The van der Waals surface area contributed by atoms with Crippen LogP contribution in [-0.2, 0) is 24.8 Å². The molecule has 0 amide bonds. The lowest BCUT2D eigenvalue weighted by atomic mass is 9.93. The summed E-state index contributed by atoms with van der Waals surface area (Å²) in [6.45, 7) is 2.93. The molecular formula is C19H20O4. The summed E-state index contributed by atoms with van der Waals surface area (Å²) in [5.74, 6) is -1.41. The lowest BCUT2D eigenvalue weighted by molar-refractivity contribution is -0.141. The Bertz CT molecular complexity index is 658. The summed E-state index contributed by atoms with van der Waals surface area (Å²) in [6, 6.07) is 17.6. The van der Waals surface area contributed by atoms with Crippen molar-refractivity contribution >= 4 is 5.97 Å². The Kier molecular flexibility index (Phi) is 4.46. The van der Waals surface area contributed by atoms with Gasteiger partial charge >= 0.3 is 5.97 Å². The smallest absolute Gasteiger partial charge is 0.312 e. The van der Waals surface area contributed by atoms with Gasteiger partial charge in [0.15, 0.2) is 0 Å². The molecule has 1 saturated heterocycles. The molecule has 1 aliphatic rings. The number of hydrogen-bond donors (Lipinski definition) is 0. The van der Waals surface area contributed by atoms with Gasteiger partial charge in [0, 0.05) is 11.1 Å². The molecule has 0 aromatic heterocycles. The number of carbonyl (C=O) groups is 1. The number of rotatable bonds is 4. The van der Waals surface area contributed by atoms with Crippen molar-refractivity contribution < 1.29 is 19.0 Å². The van der Waals surface area contributed by atoms with Gasteiger partial charge in [0.2, 0.25) is 5.79 Å². The van der Waals surface area contributed by atoms with Crippen molar-refractivity contribution in [3.63, 3.8) is 0 Å². The van der Waals surface area contributed by atoms with Crippen LogP contribution in [0.1, 0.15) is 29.5 Å². The van der Waals surface area contributed by atoms with Crippen molar-refractivity contribution in [3.05, 3.63) is 71.3 Å². The van der Waals surface area contributed by atoms with Crippen molar-refractivity contribution in [2.24, 2.45) is 0 Å². The zero-order valence-electron chi connectivity index (χ0n) is 13.3. The topological polar surface area (TPSA) is 44.8 Å². The van der Waals surface area contributed by atoms with Gasteiger partial charge in [-0.05, 0) is 12.5 Å². The van der Waals surface area contributed by atoms with Crippen LogP contribution < -0.4 is 0 Å².